The van der Waals surface area contributed by atoms with Crippen LogP contribution in [0.5, 0.6) is 0 Å². The molecule has 0 saturated heterocycles. The van der Waals surface area contributed by atoms with Crippen molar-refractivity contribution in [1.82, 2.24) is 5.32 Å². The lowest BCUT2D eigenvalue weighted by atomic mass is 10.0. The van der Waals surface area contributed by atoms with E-state index in [0.29, 0.717) is 12.1 Å². The van der Waals surface area contributed by atoms with Crippen LogP contribution in [0.1, 0.15) is 12.5 Å². The van der Waals surface area contributed by atoms with E-state index in [1.54, 1.807) is 0 Å². The highest BCUT2D eigenvalue weighted by atomic mass is 19.2. The fourth-order valence-electron chi connectivity index (χ4n) is 1.42. The lowest BCUT2D eigenvalue weighted by Gasteiger charge is -2.13. The second-order valence-electron chi connectivity index (χ2n) is 3.66. The highest BCUT2D eigenvalue weighted by Crippen LogP contribution is 2.16. The minimum Gasteiger partial charge on any atom is -0.480 e. The number of rotatable bonds is 4. The van der Waals surface area contributed by atoms with E-state index < -0.39 is 47.4 Å². The van der Waals surface area contributed by atoms with Gasteiger partial charge in [-0.1, -0.05) is 0 Å². The van der Waals surface area contributed by atoms with Gasteiger partial charge in [-0.2, -0.15) is 0 Å². The van der Waals surface area contributed by atoms with Gasteiger partial charge in [-0.15, -0.1) is 0 Å². The first-order valence-corrected chi connectivity index (χ1v) is 4.94. The van der Waals surface area contributed by atoms with Gasteiger partial charge >= 0.3 is 5.97 Å². The number of amides is 1. The van der Waals surface area contributed by atoms with Crippen LogP contribution in [0, 0.1) is 17.5 Å². The smallest absolute Gasteiger partial charge is 0.326 e. The van der Waals surface area contributed by atoms with Gasteiger partial charge in [-0.3, -0.25) is 4.79 Å². The van der Waals surface area contributed by atoms with E-state index in [-0.39, 0.29) is 0 Å². The maximum Gasteiger partial charge on any atom is 0.326 e. The Hall–Kier alpha value is -2.05. The number of carbonyl (C=O) groups is 2. The molecule has 98 valence electrons. The van der Waals surface area contributed by atoms with Crippen LogP contribution in [-0.2, 0) is 16.0 Å². The zero-order valence-electron chi connectivity index (χ0n) is 9.34. The molecular weight excluding hydrogens is 251 g/mol. The third-order valence-corrected chi connectivity index (χ3v) is 2.17. The summed E-state index contributed by atoms with van der Waals surface area (Å²) in [5, 5.41) is 10.8. The van der Waals surface area contributed by atoms with Crippen molar-refractivity contribution in [2.24, 2.45) is 0 Å². The van der Waals surface area contributed by atoms with Crippen LogP contribution in [0.2, 0.25) is 0 Å². The van der Waals surface area contributed by atoms with Crippen molar-refractivity contribution in [3.8, 4) is 0 Å². The molecule has 0 saturated carbocycles. The molecule has 1 aromatic rings. The van der Waals surface area contributed by atoms with Crippen molar-refractivity contribution in [2.75, 3.05) is 0 Å². The molecule has 1 aromatic carbocycles. The number of nitrogens with one attached hydrogen (secondary N) is 1. The third-order valence-electron chi connectivity index (χ3n) is 2.17. The molecule has 4 nitrogen and oxygen atoms in total. The lowest BCUT2D eigenvalue weighted by molar-refractivity contribution is -0.141. The van der Waals surface area contributed by atoms with Crippen molar-refractivity contribution < 1.29 is 27.9 Å². The van der Waals surface area contributed by atoms with Crippen LogP contribution in [0.25, 0.3) is 0 Å². The number of aliphatic carboxylic acids is 1. The lowest BCUT2D eigenvalue weighted by Crippen LogP contribution is -2.41. The Bertz CT molecular complexity index is 491. The maximum atomic E-state index is 13.3. The van der Waals surface area contributed by atoms with Gasteiger partial charge in [0.05, 0.1) is 0 Å². The standard InChI is InChI=1S/C11H10F3NO3/c1-5(16)15-9(11(17)18)3-6-2-7(12)4-8(13)10(6)14/h2,4,9H,3H2,1H3,(H,15,16)(H,17,18). The van der Waals surface area contributed by atoms with Gasteiger partial charge in [0.25, 0.3) is 0 Å². The van der Waals surface area contributed by atoms with Crippen LogP contribution >= 0.6 is 0 Å². The van der Waals surface area contributed by atoms with Gasteiger partial charge in [0.2, 0.25) is 5.91 Å². The largest absolute Gasteiger partial charge is 0.480 e. The average Bonchev–Trinajstić information content (AvgIpc) is 2.23. The Kier molecular flexibility index (Phi) is 4.30. The summed E-state index contributed by atoms with van der Waals surface area (Å²) in [4.78, 5) is 21.5. The summed E-state index contributed by atoms with van der Waals surface area (Å²) in [6.45, 7) is 1.08. The van der Waals surface area contributed by atoms with Crippen LogP contribution in [0.15, 0.2) is 12.1 Å². The molecule has 2 N–H and O–H groups in total. The predicted molar refractivity (Wildman–Crippen MR) is 55.3 cm³/mol. The van der Waals surface area contributed by atoms with Gasteiger partial charge in [-0.05, 0) is 11.6 Å². The number of carboxylic acid groups (broad SMARTS) is 1. The molecule has 7 heteroatoms. The summed E-state index contributed by atoms with van der Waals surface area (Å²) in [5.41, 5.74) is -0.450. The van der Waals surface area contributed by atoms with E-state index >= 15 is 0 Å². The van der Waals surface area contributed by atoms with Gasteiger partial charge in [0.1, 0.15) is 11.9 Å². The van der Waals surface area contributed by atoms with E-state index in [9.17, 15) is 22.8 Å². The zero-order chi connectivity index (χ0) is 13.9. The van der Waals surface area contributed by atoms with Crippen LogP contribution in [-0.4, -0.2) is 23.0 Å². The van der Waals surface area contributed by atoms with Crippen LogP contribution < -0.4 is 5.32 Å². The van der Waals surface area contributed by atoms with Crippen molar-refractivity contribution in [1.29, 1.82) is 0 Å². The summed E-state index contributed by atoms with van der Waals surface area (Å²) in [7, 11) is 0. The minimum atomic E-state index is -1.45. The zero-order valence-corrected chi connectivity index (χ0v) is 9.34. The summed E-state index contributed by atoms with van der Waals surface area (Å²) in [6.07, 6.45) is -0.546. The summed E-state index contributed by atoms with van der Waals surface area (Å²) < 4.78 is 39.1. The molecule has 0 aromatic heterocycles. The molecule has 0 aliphatic rings. The molecule has 0 aliphatic heterocycles. The highest BCUT2D eigenvalue weighted by Gasteiger charge is 2.22. The first kappa shape index (κ1) is 14.0. The second-order valence-corrected chi connectivity index (χ2v) is 3.66. The van der Waals surface area contributed by atoms with Crippen LogP contribution in [0.4, 0.5) is 13.2 Å². The normalized spacial score (nSPS) is 12.0. The summed E-state index contributed by atoms with van der Waals surface area (Å²) >= 11 is 0. The molecule has 0 spiro atoms. The molecule has 1 unspecified atom stereocenters. The number of carbonyl (C=O) groups excluding carboxylic acids is 1. The molecule has 1 amide bonds. The fraction of sp³-hybridized carbons (Fsp3) is 0.273. The van der Waals surface area contributed by atoms with Crippen LogP contribution in [0.3, 0.4) is 0 Å². The maximum absolute atomic E-state index is 13.3. The van der Waals surface area contributed by atoms with E-state index in [4.69, 9.17) is 5.11 Å². The quantitative estimate of drug-likeness (QED) is 0.801. The number of hydrogen-bond acceptors (Lipinski definition) is 2. The Morgan fingerprint density at radius 2 is 1.94 bits per heavy atom. The molecule has 0 heterocycles. The van der Waals surface area contributed by atoms with E-state index in [1.165, 1.54) is 0 Å². The molecule has 0 bridgehead atoms. The molecule has 0 radical (unpaired) electrons. The number of hydrogen-bond donors (Lipinski definition) is 2. The van der Waals surface area contributed by atoms with Crippen molar-refractivity contribution >= 4 is 11.9 Å². The molecule has 0 fully saturated rings. The second kappa shape index (κ2) is 5.52. The average molecular weight is 261 g/mol. The van der Waals surface area contributed by atoms with E-state index in [2.05, 4.69) is 0 Å². The topological polar surface area (TPSA) is 66.4 Å². The number of halogens is 3. The van der Waals surface area contributed by atoms with Crippen molar-refractivity contribution in [3.63, 3.8) is 0 Å². The predicted octanol–water partition coefficient (Wildman–Crippen LogP) is 1.24. The molecule has 18 heavy (non-hydrogen) atoms. The fourth-order valence-corrected chi connectivity index (χ4v) is 1.42. The Morgan fingerprint density at radius 3 is 2.44 bits per heavy atom. The third kappa shape index (κ3) is 3.47. The van der Waals surface area contributed by atoms with Gasteiger partial charge in [0.15, 0.2) is 11.6 Å². The first-order valence-electron chi connectivity index (χ1n) is 4.94. The van der Waals surface area contributed by atoms with Gasteiger partial charge < -0.3 is 10.4 Å². The van der Waals surface area contributed by atoms with Crippen molar-refractivity contribution in [2.45, 2.75) is 19.4 Å². The number of carboxylic acids is 1. The summed E-state index contributed by atoms with van der Waals surface area (Å²) in [5.74, 6) is -5.81. The van der Waals surface area contributed by atoms with Gasteiger partial charge in [0, 0.05) is 19.4 Å². The van der Waals surface area contributed by atoms with Gasteiger partial charge in [-0.25, -0.2) is 18.0 Å². The van der Waals surface area contributed by atoms with Crippen molar-refractivity contribution in [3.05, 3.63) is 35.1 Å². The summed E-state index contributed by atoms with van der Waals surface area (Å²) in [6, 6.07) is -0.401. The Balaban J connectivity index is 3.00. The highest BCUT2D eigenvalue weighted by molar-refractivity contribution is 5.82. The SMILES string of the molecule is CC(=O)NC(Cc1cc(F)cc(F)c1F)C(=O)O. The van der Waals surface area contributed by atoms with E-state index in [1.807, 2.05) is 5.32 Å². The molecule has 1 atom stereocenters. The van der Waals surface area contributed by atoms with E-state index in [0.717, 1.165) is 6.92 Å². The molecule has 0 aliphatic carbocycles. The monoisotopic (exact) mass is 261 g/mol. The Morgan fingerprint density at radius 1 is 1.33 bits per heavy atom. The minimum absolute atomic E-state index is 0.354. The first-order chi connectivity index (χ1) is 8.31. The molecular formula is C11H10F3NO3. The number of benzene rings is 1. The molecule has 1 rings (SSSR count). The Labute approximate surface area is 100 Å².